The molecule has 0 bridgehead atoms. The third kappa shape index (κ3) is 6.36. The number of unbranched alkanes of at least 4 members (excludes halogenated alkanes) is 3. The first-order chi connectivity index (χ1) is 13.8. The minimum atomic E-state index is 0.731. The van der Waals surface area contributed by atoms with E-state index >= 15 is 0 Å². The van der Waals surface area contributed by atoms with Crippen molar-refractivity contribution in [2.45, 2.75) is 78.1 Å². The number of benzene rings is 1. The maximum atomic E-state index is 6.07. The molecule has 0 spiro atoms. The molecule has 3 rings (SSSR count). The fraction of sp³-hybridized carbons (Fsp3) is 0.577. The van der Waals surface area contributed by atoms with Gasteiger partial charge in [-0.05, 0) is 73.4 Å². The van der Waals surface area contributed by atoms with E-state index in [4.69, 9.17) is 4.74 Å². The Morgan fingerprint density at radius 3 is 2.25 bits per heavy atom. The van der Waals surface area contributed by atoms with Crippen LogP contribution in [0, 0.1) is 11.8 Å². The lowest BCUT2D eigenvalue weighted by atomic mass is 9.81. The lowest BCUT2D eigenvalue weighted by Gasteiger charge is -2.27. The monoisotopic (exact) mass is 379 g/mol. The van der Waals surface area contributed by atoms with Gasteiger partial charge < -0.3 is 4.74 Å². The molecule has 0 radical (unpaired) electrons. The minimum absolute atomic E-state index is 0.731. The lowest BCUT2D eigenvalue weighted by Crippen LogP contribution is -2.19. The van der Waals surface area contributed by atoms with E-state index in [1.807, 2.05) is 6.20 Å². The van der Waals surface area contributed by atoms with Crippen LogP contribution >= 0.6 is 0 Å². The van der Waals surface area contributed by atoms with Gasteiger partial charge in [-0.2, -0.15) is 0 Å². The number of aryl methyl sites for hydroxylation is 1. The SMILES string of the molecule is CCCCCCc1ccc(-c2ccc(OC[C@H]3CC[C@H](CC)CC3)cc2)nc1. The van der Waals surface area contributed by atoms with Gasteiger partial charge in [-0.15, -0.1) is 0 Å². The maximum absolute atomic E-state index is 6.07. The quantitative estimate of drug-likeness (QED) is 0.399. The van der Waals surface area contributed by atoms with Crippen molar-refractivity contribution in [3.05, 3.63) is 48.2 Å². The molecule has 2 nitrogen and oxygen atoms in total. The van der Waals surface area contributed by atoms with E-state index in [0.29, 0.717) is 0 Å². The van der Waals surface area contributed by atoms with Gasteiger partial charge >= 0.3 is 0 Å². The molecule has 1 aromatic carbocycles. The Hall–Kier alpha value is -1.83. The van der Waals surface area contributed by atoms with Crippen LogP contribution in [-0.2, 0) is 6.42 Å². The topological polar surface area (TPSA) is 22.1 Å². The van der Waals surface area contributed by atoms with E-state index in [2.05, 4.69) is 55.2 Å². The summed E-state index contributed by atoms with van der Waals surface area (Å²) >= 11 is 0. The van der Waals surface area contributed by atoms with Crippen LogP contribution in [0.15, 0.2) is 42.6 Å². The minimum Gasteiger partial charge on any atom is -0.493 e. The van der Waals surface area contributed by atoms with Gasteiger partial charge in [0, 0.05) is 11.8 Å². The smallest absolute Gasteiger partial charge is 0.119 e. The lowest BCUT2D eigenvalue weighted by molar-refractivity contribution is 0.181. The first-order valence-corrected chi connectivity index (χ1v) is 11.5. The summed E-state index contributed by atoms with van der Waals surface area (Å²) in [7, 11) is 0. The summed E-state index contributed by atoms with van der Waals surface area (Å²) in [4.78, 5) is 4.67. The zero-order valence-electron chi connectivity index (χ0n) is 17.8. The van der Waals surface area contributed by atoms with Crippen molar-refractivity contribution >= 4 is 0 Å². The average Bonchev–Trinajstić information content (AvgIpc) is 2.76. The normalized spacial score (nSPS) is 19.5. The average molecular weight is 380 g/mol. The van der Waals surface area contributed by atoms with E-state index in [1.165, 1.54) is 63.4 Å². The molecule has 0 unspecified atom stereocenters. The molecular formula is C26H37NO. The Bertz CT molecular complexity index is 669. The summed E-state index contributed by atoms with van der Waals surface area (Å²) in [6.45, 7) is 5.43. The Labute approximate surface area is 171 Å². The van der Waals surface area contributed by atoms with Crippen molar-refractivity contribution in [1.29, 1.82) is 0 Å². The molecule has 0 saturated heterocycles. The Morgan fingerprint density at radius 1 is 0.857 bits per heavy atom. The van der Waals surface area contributed by atoms with Gasteiger partial charge in [0.15, 0.2) is 0 Å². The highest BCUT2D eigenvalue weighted by atomic mass is 16.5. The molecular weight excluding hydrogens is 342 g/mol. The largest absolute Gasteiger partial charge is 0.493 e. The summed E-state index contributed by atoms with van der Waals surface area (Å²) < 4.78 is 6.07. The van der Waals surface area contributed by atoms with Crippen LogP contribution in [0.4, 0.5) is 0 Å². The van der Waals surface area contributed by atoms with Gasteiger partial charge in [0.2, 0.25) is 0 Å². The molecule has 28 heavy (non-hydrogen) atoms. The molecule has 0 aliphatic heterocycles. The molecule has 0 N–H and O–H groups in total. The van der Waals surface area contributed by atoms with E-state index in [0.717, 1.165) is 41.9 Å². The molecule has 152 valence electrons. The molecule has 1 saturated carbocycles. The molecule has 2 aromatic rings. The number of nitrogens with zero attached hydrogens (tertiary/aromatic N) is 1. The second kappa shape index (κ2) is 11.2. The van der Waals surface area contributed by atoms with E-state index in [1.54, 1.807) is 0 Å². The summed E-state index contributed by atoms with van der Waals surface area (Å²) in [5, 5.41) is 0. The van der Waals surface area contributed by atoms with Crippen LogP contribution in [0.1, 0.15) is 77.2 Å². The summed E-state index contributed by atoms with van der Waals surface area (Å²) in [6, 6.07) is 12.8. The van der Waals surface area contributed by atoms with Crippen LogP contribution < -0.4 is 4.74 Å². The van der Waals surface area contributed by atoms with Crippen molar-refractivity contribution < 1.29 is 4.74 Å². The molecule has 1 aromatic heterocycles. The molecule has 1 aliphatic carbocycles. The number of pyridine rings is 1. The molecule has 0 atom stereocenters. The van der Waals surface area contributed by atoms with Gasteiger partial charge in [0.25, 0.3) is 0 Å². The Kier molecular flexibility index (Phi) is 8.39. The second-order valence-corrected chi connectivity index (χ2v) is 8.49. The predicted molar refractivity (Wildman–Crippen MR) is 119 cm³/mol. The molecule has 0 amide bonds. The number of hydrogen-bond donors (Lipinski definition) is 0. The third-order valence-electron chi connectivity index (χ3n) is 6.32. The molecule has 1 aliphatic rings. The Balaban J connectivity index is 1.46. The maximum Gasteiger partial charge on any atom is 0.119 e. The van der Waals surface area contributed by atoms with Crippen molar-refractivity contribution in [2.75, 3.05) is 6.61 Å². The van der Waals surface area contributed by atoms with E-state index in [9.17, 15) is 0 Å². The zero-order valence-corrected chi connectivity index (χ0v) is 17.8. The van der Waals surface area contributed by atoms with E-state index < -0.39 is 0 Å². The van der Waals surface area contributed by atoms with Crippen molar-refractivity contribution in [2.24, 2.45) is 11.8 Å². The van der Waals surface area contributed by atoms with Crippen LogP contribution in [-0.4, -0.2) is 11.6 Å². The standard InChI is InChI=1S/C26H37NO/c1-3-5-6-7-8-22-13-18-26(27-19-22)24-14-16-25(17-15-24)28-20-23-11-9-21(4-2)10-12-23/h13-19,21,23H,3-12,20H2,1-2H3/t21-,23-. The van der Waals surface area contributed by atoms with E-state index in [-0.39, 0.29) is 0 Å². The van der Waals surface area contributed by atoms with Crippen LogP contribution in [0.2, 0.25) is 0 Å². The van der Waals surface area contributed by atoms with Crippen LogP contribution in [0.25, 0.3) is 11.3 Å². The summed E-state index contributed by atoms with van der Waals surface area (Å²) in [6.07, 6.45) is 15.1. The second-order valence-electron chi connectivity index (χ2n) is 8.49. The first kappa shape index (κ1) is 20.9. The van der Waals surface area contributed by atoms with Crippen LogP contribution in [0.5, 0.6) is 5.75 Å². The molecule has 1 fully saturated rings. The van der Waals surface area contributed by atoms with Crippen molar-refractivity contribution in [3.63, 3.8) is 0 Å². The summed E-state index contributed by atoms with van der Waals surface area (Å²) in [5.41, 5.74) is 3.55. The molecule has 1 heterocycles. The highest BCUT2D eigenvalue weighted by Gasteiger charge is 2.20. The number of rotatable bonds is 10. The van der Waals surface area contributed by atoms with Gasteiger partial charge in [-0.25, -0.2) is 0 Å². The number of hydrogen-bond acceptors (Lipinski definition) is 2. The van der Waals surface area contributed by atoms with Crippen molar-refractivity contribution in [1.82, 2.24) is 4.98 Å². The van der Waals surface area contributed by atoms with Gasteiger partial charge in [-0.1, -0.05) is 58.4 Å². The third-order valence-corrected chi connectivity index (χ3v) is 6.32. The van der Waals surface area contributed by atoms with Crippen LogP contribution in [0.3, 0.4) is 0 Å². The number of aromatic nitrogens is 1. The van der Waals surface area contributed by atoms with Gasteiger partial charge in [-0.3, -0.25) is 4.98 Å². The zero-order chi connectivity index (χ0) is 19.6. The van der Waals surface area contributed by atoms with Crippen molar-refractivity contribution in [3.8, 4) is 17.0 Å². The highest BCUT2D eigenvalue weighted by Crippen LogP contribution is 2.31. The highest BCUT2D eigenvalue weighted by molar-refractivity contribution is 5.60. The predicted octanol–water partition coefficient (Wildman–Crippen LogP) is 7.47. The first-order valence-electron chi connectivity index (χ1n) is 11.5. The number of ether oxygens (including phenoxy) is 1. The summed E-state index contributed by atoms with van der Waals surface area (Å²) in [5.74, 6) is 2.66. The van der Waals surface area contributed by atoms with Gasteiger partial charge in [0.05, 0.1) is 12.3 Å². The Morgan fingerprint density at radius 2 is 1.61 bits per heavy atom. The molecule has 2 heteroatoms. The fourth-order valence-electron chi connectivity index (χ4n) is 4.24. The fourth-order valence-corrected chi connectivity index (χ4v) is 4.24. The van der Waals surface area contributed by atoms with Gasteiger partial charge in [0.1, 0.15) is 5.75 Å².